The van der Waals surface area contributed by atoms with Crippen molar-refractivity contribution in [2.45, 2.75) is 0 Å². The lowest BCUT2D eigenvalue weighted by molar-refractivity contribution is 0.669. The lowest BCUT2D eigenvalue weighted by Crippen LogP contribution is -2.00. The van der Waals surface area contributed by atoms with E-state index in [0.29, 0.717) is 17.5 Å². The molecule has 0 fully saturated rings. The fourth-order valence-electron chi connectivity index (χ4n) is 8.40. The SMILES string of the molecule is c1ccc(-c2nc(-c3ccccc3)nc(-c3cccc4c3oc3cc(-c5ccc6c(c5)c5c7sc8ccccc8c7ccc5n6-c5ccccc5)ccc34)n2)cc1. The number of aromatic nitrogens is 4. The van der Waals surface area contributed by atoms with Gasteiger partial charge in [0, 0.05) is 58.5 Å². The molecule has 0 spiro atoms. The van der Waals surface area contributed by atoms with Crippen LogP contribution in [-0.2, 0) is 0 Å². The van der Waals surface area contributed by atoms with Crippen molar-refractivity contribution in [3.63, 3.8) is 0 Å². The third-order valence-corrected chi connectivity index (χ3v) is 12.3. The number of nitrogens with zero attached hydrogens (tertiary/aromatic N) is 4. The summed E-state index contributed by atoms with van der Waals surface area (Å²) in [5, 5.41) is 7.18. The van der Waals surface area contributed by atoms with Crippen molar-refractivity contribution < 1.29 is 4.42 Å². The van der Waals surface area contributed by atoms with Crippen molar-refractivity contribution in [1.29, 1.82) is 0 Å². The third-order valence-electron chi connectivity index (χ3n) is 11.1. The number of furan rings is 1. The van der Waals surface area contributed by atoms with E-state index < -0.39 is 0 Å². The maximum Gasteiger partial charge on any atom is 0.167 e. The molecule has 0 aliphatic heterocycles. The lowest BCUT2D eigenvalue weighted by Gasteiger charge is -2.08. The first kappa shape index (κ1) is 31.9. The highest BCUT2D eigenvalue weighted by Gasteiger charge is 2.20. The van der Waals surface area contributed by atoms with Gasteiger partial charge in [-0.05, 0) is 65.7 Å². The summed E-state index contributed by atoms with van der Waals surface area (Å²) in [5.41, 5.74) is 10.0. The fourth-order valence-corrected chi connectivity index (χ4v) is 9.66. The third kappa shape index (κ3) is 5.04. The second-order valence-corrected chi connectivity index (χ2v) is 15.4. The van der Waals surface area contributed by atoms with Gasteiger partial charge >= 0.3 is 0 Å². The standard InChI is InChI=1S/C51H30N4OS/c1-4-13-31(14-5-1)49-52-50(32-15-6-2-7-16-32)54-51(53-49)40-21-12-20-38-36-25-23-34(30-44(36)56-47(38)40)33-24-27-42-41(29-33)46-43(55(42)35-17-8-3-9-18-35)28-26-39-37-19-10-11-22-45(37)57-48(39)46/h1-30H. The molecule has 4 heterocycles. The largest absolute Gasteiger partial charge is 0.455 e. The number of rotatable bonds is 5. The van der Waals surface area contributed by atoms with E-state index in [0.717, 1.165) is 55.4 Å². The van der Waals surface area contributed by atoms with Gasteiger partial charge in [0.1, 0.15) is 11.2 Å². The smallest absolute Gasteiger partial charge is 0.167 e. The molecule has 0 saturated carbocycles. The van der Waals surface area contributed by atoms with Gasteiger partial charge in [0.15, 0.2) is 17.5 Å². The van der Waals surface area contributed by atoms with Gasteiger partial charge in [-0.3, -0.25) is 0 Å². The van der Waals surface area contributed by atoms with Gasteiger partial charge in [0.2, 0.25) is 0 Å². The Morgan fingerprint density at radius 3 is 1.81 bits per heavy atom. The van der Waals surface area contributed by atoms with E-state index in [-0.39, 0.29) is 0 Å². The molecule has 0 unspecified atom stereocenters. The van der Waals surface area contributed by atoms with Crippen LogP contribution in [0, 0.1) is 0 Å². The van der Waals surface area contributed by atoms with Crippen molar-refractivity contribution in [3.8, 4) is 51.0 Å². The van der Waals surface area contributed by atoms with Crippen LogP contribution in [0.3, 0.4) is 0 Å². The summed E-state index contributed by atoms with van der Waals surface area (Å²) in [6, 6.07) is 63.7. The lowest BCUT2D eigenvalue weighted by atomic mass is 10.0. The summed E-state index contributed by atoms with van der Waals surface area (Å²) >= 11 is 1.88. The van der Waals surface area contributed by atoms with Crippen LogP contribution >= 0.6 is 11.3 Å². The van der Waals surface area contributed by atoms with E-state index in [1.54, 1.807) is 0 Å². The molecule has 57 heavy (non-hydrogen) atoms. The minimum absolute atomic E-state index is 0.570. The van der Waals surface area contributed by atoms with Crippen LogP contribution in [0.25, 0.3) is 115 Å². The number of hydrogen-bond donors (Lipinski definition) is 0. The number of para-hydroxylation sites is 2. The Bertz CT molecular complexity index is 3460. The summed E-state index contributed by atoms with van der Waals surface area (Å²) in [6.45, 7) is 0. The van der Waals surface area contributed by atoms with Crippen LogP contribution in [0.1, 0.15) is 0 Å². The first-order valence-corrected chi connectivity index (χ1v) is 19.8. The number of hydrogen-bond acceptors (Lipinski definition) is 5. The molecular formula is C51H30N4OS. The molecule has 0 aliphatic carbocycles. The fraction of sp³-hybridized carbons (Fsp3) is 0. The van der Waals surface area contributed by atoms with Crippen molar-refractivity contribution in [1.82, 2.24) is 19.5 Å². The van der Waals surface area contributed by atoms with Crippen molar-refractivity contribution in [3.05, 3.63) is 182 Å². The van der Waals surface area contributed by atoms with Gasteiger partial charge < -0.3 is 8.98 Å². The summed E-state index contributed by atoms with van der Waals surface area (Å²) in [4.78, 5) is 14.9. The maximum atomic E-state index is 6.80. The quantitative estimate of drug-likeness (QED) is 0.176. The van der Waals surface area contributed by atoms with Crippen LogP contribution in [0.15, 0.2) is 186 Å². The molecule has 266 valence electrons. The van der Waals surface area contributed by atoms with E-state index in [2.05, 4.69) is 120 Å². The highest BCUT2D eigenvalue weighted by Crippen LogP contribution is 2.45. The topological polar surface area (TPSA) is 56.7 Å². The van der Waals surface area contributed by atoms with E-state index in [1.165, 1.54) is 42.0 Å². The van der Waals surface area contributed by atoms with Gasteiger partial charge in [-0.1, -0.05) is 127 Å². The average molecular weight is 747 g/mol. The Hall–Kier alpha value is -7.41. The molecule has 0 amide bonds. The molecule has 8 aromatic carbocycles. The summed E-state index contributed by atoms with van der Waals surface area (Å²) in [5.74, 6) is 1.80. The summed E-state index contributed by atoms with van der Waals surface area (Å²) in [6.07, 6.45) is 0. The molecule has 0 atom stereocenters. The molecule has 4 aromatic heterocycles. The van der Waals surface area contributed by atoms with Crippen LogP contribution in [0.5, 0.6) is 0 Å². The molecule has 0 saturated heterocycles. The number of benzene rings is 8. The molecule has 6 heteroatoms. The predicted octanol–water partition coefficient (Wildman–Crippen LogP) is 13.9. The Kier molecular flexibility index (Phi) is 7.03. The monoisotopic (exact) mass is 746 g/mol. The zero-order valence-electron chi connectivity index (χ0n) is 30.4. The average Bonchev–Trinajstić information content (AvgIpc) is 3.96. The van der Waals surface area contributed by atoms with Gasteiger partial charge in [0.25, 0.3) is 0 Å². The van der Waals surface area contributed by atoms with Crippen molar-refractivity contribution >= 4 is 75.3 Å². The molecule has 0 radical (unpaired) electrons. The Morgan fingerprint density at radius 2 is 1.04 bits per heavy atom. The first-order chi connectivity index (χ1) is 28.2. The second-order valence-electron chi connectivity index (χ2n) is 14.4. The summed E-state index contributed by atoms with van der Waals surface area (Å²) in [7, 11) is 0. The zero-order chi connectivity index (χ0) is 37.5. The van der Waals surface area contributed by atoms with E-state index in [9.17, 15) is 0 Å². The molecule has 0 bridgehead atoms. The summed E-state index contributed by atoms with van der Waals surface area (Å²) < 4.78 is 11.8. The van der Waals surface area contributed by atoms with Crippen molar-refractivity contribution in [2.24, 2.45) is 0 Å². The molecule has 0 aliphatic rings. The molecular weight excluding hydrogens is 717 g/mol. The molecule has 12 aromatic rings. The van der Waals surface area contributed by atoms with Gasteiger partial charge in [-0.15, -0.1) is 11.3 Å². The van der Waals surface area contributed by atoms with Gasteiger partial charge in [-0.2, -0.15) is 0 Å². The highest BCUT2D eigenvalue weighted by atomic mass is 32.1. The van der Waals surface area contributed by atoms with Gasteiger partial charge in [0.05, 0.1) is 16.6 Å². The second kappa shape index (κ2) is 12.6. The Balaban J connectivity index is 1.04. The maximum absolute atomic E-state index is 6.80. The van der Waals surface area contributed by atoms with E-state index >= 15 is 0 Å². The van der Waals surface area contributed by atoms with Crippen LogP contribution in [-0.4, -0.2) is 19.5 Å². The first-order valence-electron chi connectivity index (χ1n) is 19.0. The Labute approximate surface area is 330 Å². The number of thiophene rings is 1. The van der Waals surface area contributed by atoms with E-state index in [1.807, 2.05) is 78.1 Å². The van der Waals surface area contributed by atoms with E-state index in [4.69, 9.17) is 19.4 Å². The normalized spacial score (nSPS) is 11.9. The molecule has 12 rings (SSSR count). The van der Waals surface area contributed by atoms with Crippen LogP contribution in [0.4, 0.5) is 0 Å². The van der Waals surface area contributed by atoms with Crippen LogP contribution in [0.2, 0.25) is 0 Å². The van der Waals surface area contributed by atoms with Crippen molar-refractivity contribution in [2.75, 3.05) is 0 Å². The van der Waals surface area contributed by atoms with Gasteiger partial charge in [-0.25, -0.2) is 15.0 Å². The molecule has 5 nitrogen and oxygen atoms in total. The van der Waals surface area contributed by atoms with Crippen LogP contribution < -0.4 is 0 Å². The predicted molar refractivity (Wildman–Crippen MR) is 236 cm³/mol. The Morgan fingerprint density at radius 1 is 0.421 bits per heavy atom. The minimum Gasteiger partial charge on any atom is -0.455 e. The highest BCUT2D eigenvalue weighted by molar-refractivity contribution is 7.26. The zero-order valence-corrected chi connectivity index (χ0v) is 31.2. The minimum atomic E-state index is 0.570. The number of fused-ring (bicyclic) bond motifs is 10. The molecule has 0 N–H and O–H groups in total.